The number of halogens is 1. The van der Waals surface area contributed by atoms with Crippen LogP contribution in [0.15, 0.2) is 60.7 Å². The number of H-pyrrole nitrogens is 1. The standard InChI is InChI=1S/C26H29ClN4O3.C4H10/c1-4-5-12-31(26(34)20-11-10-17(2)13-21(20)27)18(3)15-28-24(32)16-29-25(33)23-14-19-8-6-7-9-22(19)30-23;1-4(2)3/h4-11,13-14,18,30H,12,15-16H2,1-3H3,(H,28,32)(H,29,33);4H,1-3H3. The van der Waals surface area contributed by atoms with Crippen molar-refractivity contribution < 1.29 is 14.4 Å². The lowest BCUT2D eigenvalue weighted by Crippen LogP contribution is -2.47. The van der Waals surface area contributed by atoms with Crippen molar-refractivity contribution in [2.75, 3.05) is 19.6 Å². The molecule has 0 radical (unpaired) electrons. The van der Waals surface area contributed by atoms with Gasteiger partial charge in [0.1, 0.15) is 5.69 Å². The first kappa shape index (κ1) is 30.6. The number of aromatic nitrogens is 1. The number of fused-ring (bicyclic) bond motifs is 1. The fourth-order valence-electron chi connectivity index (χ4n) is 3.52. The summed E-state index contributed by atoms with van der Waals surface area (Å²) in [6.45, 7) is 12.6. The summed E-state index contributed by atoms with van der Waals surface area (Å²) in [4.78, 5) is 42.6. The van der Waals surface area contributed by atoms with Crippen LogP contribution in [0.2, 0.25) is 5.02 Å². The van der Waals surface area contributed by atoms with E-state index in [1.54, 1.807) is 23.1 Å². The van der Waals surface area contributed by atoms with Gasteiger partial charge >= 0.3 is 0 Å². The lowest BCUT2D eigenvalue weighted by atomic mass is 10.1. The molecule has 3 N–H and O–H groups in total. The minimum absolute atomic E-state index is 0.173. The molecule has 0 fully saturated rings. The lowest BCUT2D eigenvalue weighted by Gasteiger charge is -2.29. The molecule has 7 nitrogen and oxygen atoms in total. The first-order valence-electron chi connectivity index (χ1n) is 12.8. The van der Waals surface area contributed by atoms with E-state index in [1.807, 2.05) is 63.3 Å². The van der Waals surface area contributed by atoms with Crippen LogP contribution in [0.5, 0.6) is 0 Å². The second-order valence-electron chi connectivity index (χ2n) is 9.85. The summed E-state index contributed by atoms with van der Waals surface area (Å²) in [7, 11) is 0. The monoisotopic (exact) mass is 538 g/mol. The number of hydrogen-bond donors (Lipinski definition) is 3. The average molecular weight is 539 g/mol. The lowest BCUT2D eigenvalue weighted by molar-refractivity contribution is -0.120. The smallest absolute Gasteiger partial charge is 0.268 e. The predicted molar refractivity (Wildman–Crippen MR) is 156 cm³/mol. The van der Waals surface area contributed by atoms with Crippen LogP contribution in [-0.2, 0) is 4.79 Å². The molecule has 204 valence electrons. The van der Waals surface area contributed by atoms with Gasteiger partial charge in [-0.15, -0.1) is 0 Å². The minimum atomic E-state index is -0.363. The molecule has 3 aromatic rings. The van der Waals surface area contributed by atoms with E-state index < -0.39 is 0 Å². The van der Waals surface area contributed by atoms with E-state index in [-0.39, 0.29) is 36.9 Å². The van der Waals surface area contributed by atoms with E-state index >= 15 is 0 Å². The van der Waals surface area contributed by atoms with Gasteiger partial charge in [0, 0.05) is 30.0 Å². The number of nitrogens with one attached hydrogen (secondary N) is 3. The summed E-state index contributed by atoms with van der Waals surface area (Å²) in [6.07, 6.45) is 3.74. The van der Waals surface area contributed by atoms with E-state index in [2.05, 4.69) is 36.4 Å². The number of amides is 3. The van der Waals surface area contributed by atoms with Crippen LogP contribution < -0.4 is 10.6 Å². The van der Waals surface area contributed by atoms with E-state index in [4.69, 9.17) is 11.6 Å². The number of hydrogen-bond acceptors (Lipinski definition) is 3. The third-order valence-corrected chi connectivity index (χ3v) is 5.78. The van der Waals surface area contributed by atoms with Crippen LogP contribution in [0.3, 0.4) is 0 Å². The maximum atomic E-state index is 13.1. The Morgan fingerprint density at radius 3 is 2.34 bits per heavy atom. The zero-order valence-corrected chi connectivity index (χ0v) is 23.9. The maximum Gasteiger partial charge on any atom is 0.268 e. The third kappa shape index (κ3) is 9.38. The number of para-hydroxylation sites is 1. The van der Waals surface area contributed by atoms with Crippen LogP contribution in [0.25, 0.3) is 10.9 Å². The third-order valence-electron chi connectivity index (χ3n) is 5.46. The molecule has 1 unspecified atom stereocenters. The highest BCUT2D eigenvalue weighted by Gasteiger charge is 2.23. The fourth-order valence-corrected chi connectivity index (χ4v) is 3.83. The number of aryl methyl sites for hydroxylation is 1. The normalized spacial score (nSPS) is 11.7. The minimum Gasteiger partial charge on any atom is -0.353 e. The van der Waals surface area contributed by atoms with Crippen molar-refractivity contribution in [2.45, 2.75) is 47.6 Å². The molecule has 0 aliphatic rings. The molecule has 0 saturated heterocycles. The topological polar surface area (TPSA) is 94.3 Å². The second kappa shape index (κ2) is 15.0. The quantitative estimate of drug-likeness (QED) is 0.303. The van der Waals surface area contributed by atoms with Gasteiger partial charge in [-0.1, -0.05) is 68.8 Å². The van der Waals surface area contributed by atoms with Gasteiger partial charge in [0.05, 0.1) is 17.1 Å². The Kier molecular flexibility index (Phi) is 12.1. The molecule has 1 atom stereocenters. The molecule has 3 amide bonds. The summed E-state index contributed by atoms with van der Waals surface area (Å²) in [5, 5.41) is 6.72. The van der Waals surface area contributed by atoms with Crippen molar-refractivity contribution in [2.24, 2.45) is 5.92 Å². The van der Waals surface area contributed by atoms with Crippen molar-refractivity contribution >= 4 is 40.2 Å². The highest BCUT2D eigenvalue weighted by atomic mass is 35.5. The summed E-state index contributed by atoms with van der Waals surface area (Å²) in [6, 6.07) is 14.3. The second-order valence-corrected chi connectivity index (χ2v) is 10.3. The molecule has 1 heterocycles. The molecule has 3 rings (SSSR count). The van der Waals surface area contributed by atoms with Gasteiger partial charge in [-0.05, 0) is 56.5 Å². The van der Waals surface area contributed by atoms with Crippen LogP contribution in [0, 0.1) is 12.8 Å². The largest absolute Gasteiger partial charge is 0.353 e. The van der Waals surface area contributed by atoms with Crippen LogP contribution in [-0.4, -0.2) is 53.3 Å². The number of aromatic amines is 1. The Bertz CT molecular complexity index is 1230. The SMILES string of the molecule is CC(C)C.CC=CCN(C(=O)c1ccc(C)cc1Cl)C(C)CNC(=O)CNC(=O)c1cc2ccccc2[nH]1. The van der Waals surface area contributed by atoms with Gasteiger partial charge in [-0.3, -0.25) is 14.4 Å². The molecule has 0 aliphatic heterocycles. The molecule has 0 aliphatic carbocycles. The number of benzene rings is 2. The maximum absolute atomic E-state index is 13.1. The molecule has 1 aromatic heterocycles. The molecule has 0 bridgehead atoms. The van der Waals surface area contributed by atoms with Gasteiger partial charge in [0.25, 0.3) is 11.8 Å². The Labute approximate surface area is 230 Å². The first-order chi connectivity index (χ1) is 18.0. The Balaban J connectivity index is 0.00000118. The van der Waals surface area contributed by atoms with Crippen molar-refractivity contribution in [3.63, 3.8) is 0 Å². The average Bonchev–Trinajstić information content (AvgIpc) is 3.30. The molecule has 0 spiro atoms. The van der Waals surface area contributed by atoms with Crippen molar-refractivity contribution in [3.05, 3.63) is 82.5 Å². The molecule has 8 heteroatoms. The van der Waals surface area contributed by atoms with Crippen LogP contribution in [0.4, 0.5) is 0 Å². The number of allylic oxidation sites excluding steroid dienone is 1. The van der Waals surface area contributed by atoms with Gasteiger partial charge in [-0.2, -0.15) is 0 Å². The summed E-state index contributed by atoms with van der Waals surface area (Å²) < 4.78 is 0. The number of nitrogens with zero attached hydrogens (tertiary/aromatic N) is 1. The van der Waals surface area contributed by atoms with E-state index in [9.17, 15) is 14.4 Å². The van der Waals surface area contributed by atoms with E-state index in [1.165, 1.54) is 0 Å². The van der Waals surface area contributed by atoms with Crippen LogP contribution in [0.1, 0.15) is 61.0 Å². The van der Waals surface area contributed by atoms with Gasteiger partial charge in [0.2, 0.25) is 5.91 Å². The fraction of sp³-hybridized carbons (Fsp3) is 0.367. The molecular formula is C30H39ClN4O3. The Morgan fingerprint density at radius 2 is 1.71 bits per heavy atom. The number of carbonyl (C=O) groups is 3. The number of carbonyl (C=O) groups excluding carboxylic acids is 3. The number of rotatable bonds is 9. The van der Waals surface area contributed by atoms with Gasteiger partial charge in [0.15, 0.2) is 0 Å². The first-order valence-corrected chi connectivity index (χ1v) is 13.2. The Morgan fingerprint density at radius 1 is 1.03 bits per heavy atom. The highest BCUT2D eigenvalue weighted by Crippen LogP contribution is 2.20. The van der Waals surface area contributed by atoms with Gasteiger partial charge < -0.3 is 20.5 Å². The Hall–Kier alpha value is -3.58. The van der Waals surface area contributed by atoms with Gasteiger partial charge in [-0.25, -0.2) is 0 Å². The molecular weight excluding hydrogens is 500 g/mol. The summed E-state index contributed by atoms with van der Waals surface area (Å²) >= 11 is 6.30. The zero-order valence-electron chi connectivity index (χ0n) is 23.1. The van der Waals surface area contributed by atoms with E-state index in [0.29, 0.717) is 22.8 Å². The van der Waals surface area contributed by atoms with Crippen molar-refractivity contribution in [1.29, 1.82) is 0 Å². The summed E-state index contributed by atoms with van der Waals surface area (Å²) in [5.74, 6) is -0.0848. The van der Waals surface area contributed by atoms with Crippen molar-refractivity contribution in [3.8, 4) is 0 Å². The zero-order chi connectivity index (χ0) is 28.2. The van der Waals surface area contributed by atoms with E-state index in [0.717, 1.165) is 22.4 Å². The summed E-state index contributed by atoms with van der Waals surface area (Å²) in [5.41, 5.74) is 2.63. The molecule has 38 heavy (non-hydrogen) atoms. The predicted octanol–water partition coefficient (Wildman–Crippen LogP) is 5.75. The molecule has 2 aromatic carbocycles. The molecule has 0 saturated carbocycles. The highest BCUT2D eigenvalue weighted by molar-refractivity contribution is 6.33. The van der Waals surface area contributed by atoms with Crippen molar-refractivity contribution in [1.82, 2.24) is 20.5 Å². The van der Waals surface area contributed by atoms with Crippen LogP contribution >= 0.6 is 11.6 Å².